The maximum atomic E-state index is 13.4. The molecule has 0 bridgehead atoms. The van der Waals surface area contributed by atoms with Gasteiger partial charge in [-0.2, -0.15) is 5.10 Å². The number of hydrogen-bond donors (Lipinski definition) is 2. The Balaban J connectivity index is 1.56. The number of furan rings is 1. The van der Waals surface area contributed by atoms with E-state index in [0.717, 1.165) is 11.3 Å². The molecule has 0 radical (unpaired) electrons. The van der Waals surface area contributed by atoms with Gasteiger partial charge in [0.1, 0.15) is 17.2 Å². The molecule has 10 heteroatoms. The minimum atomic E-state index is -0.579. The summed E-state index contributed by atoms with van der Waals surface area (Å²) in [5.41, 5.74) is 2.89. The summed E-state index contributed by atoms with van der Waals surface area (Å²) in [4.78, 5) is 26.6. The van der Waals surface area contributed by atoms with Crippen molar-refractivity contribution in [1.29, 1.82) is 0 Å². The summed E-state index contributed by atoms with van der Waals surface area (Å²) < 4.78 is 7.02. The molecule has 2 aromatic heterocycles. The molecule has 3 aromatic carbocycles. The molecule has 0 saturated carbocycles. The molecule has 2 heterocycles. The Morgan fingerprint density at radius 3 is 2.35 bits per heavy atom. The zero-order valence-electron chi connectivity index (χ0n) is 20.8. The molecule has 40 heavy (non-hydrogen) atoms. The number of nitrogens with one attached hydrogen (secondary N) is 2. The van der Waals surface area contributed by atoms with Gasteiger partial charge in [0.05, 0.1) is 29.1 Å². The summed E-state index contributed by atoms with van der Waals surface area (Å²) in [7, 11) is 0. The molecule has 5 aromatic rings. The van der Waals surface area contributed by atoms with Crippen molar-refractivity contribution in [1.82, 2.24) is 20.4 Å². The average molecular weight is 592 g/mol. The lowest BCUT2D eigenvalue weighted by atomic mass is 10.1. The van der Waals surface area contributed by atoms with Crippen LogP contribution in [0.2, 0.25) is 15.1 Å². The smallest absolute Gasteiger partial charge is 0.268 e. The van der Waals surface area contributed by atoms with E-state index in [0.29, 0.717) is 27.1 Å². The van der Waals surface area contributed by atoms with Crippen molar-refractivity contribution >= 4 is 52.7 Å². The number of para-hydroxylation sites is 1. The van der Waals surface area contributed by atoms with Gasteiger partial charge in [0.25, 0.3) is 11.8 Å². The van der Waals surface area contributed by atoms with Crippen molar-refractivity contribution in [2.24, 2.45) is 0 Å². The van der Waals surface area contributed by atoms with Crippen LogP contribution in [0.15, 0.2) is 108 Å². The average Bonchev–Trinajstić information content (AvgIpc) is 3.63. The van der Waals surface area contributed by atoms with Crippen LogP contribution in [0.5, 0.6) is 0 Å². The minimum Gasteiger partial charge on any atom is -0.467 e. The molecule has 0 aliphatic rings. The van der Waals surface area contributed by atoms with E-state index in [-0.39, 0.29) is 22.8 Å². The number of carbonyl (C=O) groups is 2. The lowest BCUT2D eigenvalue weighted by Gasteiger charge is -2.12. The Kier molecular flexibility index (Phi) is 8.36. The second-order valence-corrected chi connectivity index (χ2v) is 9.90. The quantitative estimate of drug-likeness (QED) is 0.187. The molecule has 2 amide bonds. The Morgan fingerprint density at radius 1 is 0.900 bits per heavy atom. The van der Waals surface area contributed by atoms with Crippen LogP contribution in [0.1, 0.15) is 21.7 Å². The Morgan fingerprint density at radius 2 is 1.65 bits per heavy atom. The maximum absolute atomic E-state index is 13.4. The van der Waals surface area contributed by atoms with Gasteiger partial charge in [-0.25, -0.2) is 4.68 Å². The first kappa shape index (κ1) is 27.3. The zero-order valence-corrected chi connectivity index (χ0v) is 23.0. The molecule has 0 atom stereocenters. The maximum Gasteiger partial charge on any atom is 0.268 e. The summed E-state index contributed by atoms with van der Waals surface area (Å²) in [6, 6.07) is 24.7. The molecule has 0 aliphatic heterocycles. The highest BCUT2D eigenvalue weighted by Gasteiger charge is 2.20. The fourth-order valence-corrected chi connectivity index (χ4v) is 4.51. The van der Waals surface area contributed by atoms with E-state index in [4.69, 9.17) is 44.3 Å². The number of nitrogens with zero attached hydrogens (tertiary/aromatic N) is 2. The Bertz CT molecular complexity index is 1680. The van der Waals surface area contributed by atoms with Crippen LogP contribution >= 0.6 is 34.8 Å². The highest BCUT2D eigenvalue weighted by Crippen LogP contribution is 2.27. The van der Waals surface area contributed by atoms with Gasteiger partial charge in [0.15, 0.2) is 0 Å². The summed E-state index contributed by atoms with van der Waals surface area (Å²) >= 11 is 18.4. The molecule has 0 unspecified atom stereocenters. The number of rotatable bonds is 8. The van der Waals surface area contributed by atoms with Crippen LogP contribution in [0.4, 0.5) is 0 Å². The second-order valence-electron chi connectivity index (χ2n) is 8.62. The van der Waals surface area contributed by atoms with Gasteiger partial charge in [-0.1, -0.05) is 65.1 Å². The summed E-state index contributed by atoms with van der Waals surface area (Å²) in [6.45, 7) is 0.119. The normalized spacial score (nSPS) is 11.3. The number of amides is 2. The van der Waals surface area contributed by atoms with E-state index >= 15 is 0 Å². The molecule has 200 valence electrons. The first-order chi connectivity index (χ1) is 19.4. The third-order valence-corrected chi connectivity index (χ3v) is 6.65. The van der Waals surface area contributed by atoms with Crippen LogP contribution < -0.4 is 10.6 Å². The number of carbonyl (C=O) groups excluding carboxylic acids is 2. The lowest BCUT2D eigenvalue weighted by molar-refractivity contribution is -0.118. The third kappa shape index (κ3) is 6.46. The molecule has 5 rings (SSSR count). The molecule has 0 aliphatic carbocycles. The van der Waals surface area contributed by atoms with E-state index in [1.807, 2.05) is 42.5 Å². The van der Waals surface area contributed by atoms with Gasteiger partial charge in [0.2, 0.25) is 0 Å². The first-order valence-corrected chi connectivity index (χ1v) is 13.2. The Hall–Kier alpha value is -4.30. The largest absolute Gasteiger partial charge is 0.467 e. The molecule has 2 N–H and O–H groups in total. The van der Waals surface area contributed by atoms with E-state index in [9.17, 15) is 9.59 Å². The first-order valence-electron chi connectivity index (χ1n) is 12.1. The van der Waals surface area contributed by atoms with Crippen LogP contribution in [-0.2, 0) is 11.3 Å². The predicted octanol–water partition coefficient (Wildman–Crippen LogP) is 7.18. The fraction of sp³-hybridized carbons (Fsp3) is 0.0333. The summed E-state index contributed by atoms with van der Waals surface area (Å²) in [5, 5.41) is 11.4. The Labute approximate surface area is 245 Å². The number of aromatic nitrogens is 2. The number of halogens is 3. The van der Waals surface area contributed by atoms with Crippen LogP contribution in [-0.4, -0.2) is 21.6 Å². The zero-order chi connectivity index (χ0) is 28.1. The van der Waals surface area contributed by atoms with Gasteiger partial charge >= 0.3 is 0 Å². The monoisotopic (exact) mass is 590 g/mol. The van der Waals surface area contributed by atoms with Crippen molar-refractivity contribution < 1.29 is 14.0 Å². The van der Waals surface area contributed by atoms with E-state index in [1.165, 1.54) is 18.4 Å². The van der Waals surface area contributed by atoms with Crippen LogP contribution in [0, 0.1) is 0 Å². The summed E-state index contributed by atoms with van der Waals surface area (Å²) in [6.07, 6.45) is 4.86. The highest BCUT2D eigenvalue weighted by atomic mass is 35.5. The number of benzene rings is 3. The van der Waals surface area contributed by atoms with Gasteiger partial charge < -0.3 is 15.1 Å². The van der Waals surface area contributed by atoms with Gasteiger partial charge in [-0.15, -0.1) is 0 Å². The van der Waals surface area contributed by atoms with Crippen molar-refractivity contribution in [2.75, 3.05) is 0 Å². The topological polar surface area (TPSA) is 89.2 Å². The molecular weight excluding hydrogens is 571 g/mol. The third-order valence-electron chi connectivity index (χ3n) is 5.85. The molecular formula is C30H21Cl3N4O3. The second kappa shape index (κ2) is 12.3. The van der Waals surface area contributed by atoms with Crippen LogP contribution in [0.25, 0.3) is 23.0 Å². The van der Waals surface area contributed by atoms with Gasteiger partial charge in [0, 0.05) is 27.4 Å². The van der Waals surface area contributed by atoms with Crippen molar-refractivity contribution in [3.8, 4) is 16.9 Å². The number of hydrogen-bond acceptors (Lipinski definition) is 4. The lowest BCUT2D eigenvalue weighted by Crippen LogP contribution is -2.34. The van der Waals surface area contributed by atoms with E-state index in [2.05, 4.69) is 10.6 Å². The SMILES string of the molecule is O=C(NCc1ccco1)/C(=C\c1cn(-c2ccccc2)nc1-c1ccc(Cl)cc1)NC(=O)c1ccc(Cl)cc1Cl. The van der Waals surface area contributed by atoms with E-state index < -0.39 is 11.8 Å². The molecule has 0 saturated heterocycles. The predicted molar refractivity (Wildman–Crippen MR) is 156 cm³/mol. The molecule has 7 nitrogen and oxygen atoms in total. The van der Waals surface area contributed by atoms with Crippen molar-refractivity contribution in [3.63, 3.8) is 0 Å². The van der Waals surface area contributed by atoms with Crippen molar-refractivity contribution in [3.05, 3.63) is 135 Å². The van der Waals surface area contributed by atoms with Crippen LogP contribution in [0.3, 0.4) is 0 Å². The molecule has 0 fully saturated rings. The van der Waals surface area contributed by atoms with Crippen molar-refractivity contribution in [2.45, 2.75) is 6.54 Å². The van der Waals surface area contributed by atoms with Gasteiger partial charge in [-0.05, 0) is 60.7 Å². The fourth-order valence-electron chi connectivity index (χ4n) is 3.89. The summed E-state index contributed by atoms with van der Waals surface area (Å²) in [5.74, 6) is -0.563. The highest BCUT2D eigenvalue weighted by molar-refractivity contribution is 6.36. The molecule has 0 spiro atoms. The van der Waals surface area contributed by atoms with Gasteiger partial charge in [-0.3, -0.25) is 9.59 Å². The standard InChI is InChI=1S/C30H21Cl3N4O3/c31-21-10-8-19(9-11-21)28-20(18-37(36-28)23-5-2-1-3-6-23)15-27(30(39)34-17-24-7-4-14-40-24)35-29(38)25-13-12-22(32)16-26(25)33/h1-16,18H,17H2,(H,34,39)(H,35,38)/b27-15+. The minimum absolute atomic E-state index is 0.0228. The van der Waals surface area contributed by atoms with E-state index in [1.54, 1.807) is 47.3 Å².